The predicted molar refractivity (Wildman–Crippen MR) is 36.4 cm³/mol. The largest absolute Gasteiger partial charge is 0.395 e. The molecule has 0 bridgehead atoms. The van der Waals surface area contributed by atoms with E-state index in [0.29, 0.717) is 0 Å². The van der Waals surface area contributed by atoms with E-state index in [4.69, 9.17) is 5.73 Å². The van der Waals surface area contributed by atoms with Gasteiger partial charge in [-0.25, -0.2) is 13.2 Å². The SMILES string of the molecule is Nc1c[nH]c(=O)c(C(F)F)c1F. The van der Waals surface area contributed by atoms with E-state index in [1.165, 1.54) is 0 Å². The second-order valence-electron chi connectivity index (χ2n) is 2.10. The van der Waals surface area contributed by atoms with Gasteiger partial charge in [-0.1, -0.05) is 0 Å². The molecule has 1 heterocycles. The van der Waals surface area contributed by atoms with Crippen molar-refractivity contribution in [3.63, 3.8) is 0 Å². The zero-order valence-electron chi connectivity index (χ0n) is 5.77. The molecule has 0 aliphatic carbocycles. The lowest BCUT2D eigenvalue weighted by Crippen LogP contribution is -2.16. The molecule has 0 aromatic carbocycles. The number of aromatic nitrogens is 1. The summed E-state index contributed by atoms with van der Waals surface area (Å²) in [4.78, 5) is 12.5. The van der Waals surface area contributed by atoms with Gasteiger partial charge >= 0.3 is 0 Å². The van der Waals surface area contributed by atoms with Crippen LogP contribution < -0.4 is 11.3 Å². The quantitative estimate of drug-likeness (QED) is 0.674. The fourth-order valence-electron chi connectivity index (χ4n) is 0.734. The van der Waals surface area contributed by atoms with Gasteiger partial charge < -0.3 is 10.7 Å². The van der Waals surface area contributed by atoms with E-state index in [1.807, 2.05) is 4.98 Å². The summed E-state index contributed by atoms with van der Waals surface area (Å²) in [5, 5.41) is 0. The van der Waals surface area contributed by atoms with Crippen LogP contribution in [0.5, 0.6) is 0 Å². The number of hydrogen-bond acceptors (Lipinski definition) is 2. The standard InChI is InChI=1S/C6H5F3N2O/c7-4-2(10)1-11-6(12)3(4)5(8)9/h1,5H,10H2,(H,11,12). The average Bonchev–Trinajstić information content (AvgIpc) is 1.97. The molecule has 0 aliphatic rings. The van der Waals surface area contributed by atoms with E-state index in [9.17, 15) is 18.0 Å². The molecule has 1 aromatic rings. The summed E-state index contributed by atoms with van der Waals surface area (Å²) in [6.07, 6.45) is -2.32. The fourth-order valence-corrected chi connectivity index (χ4v) is 0.734. The monoisotopic (exact) mass is 178 g/mol. The third-order valence-electron chi connectivity index (χ3n) is 1.31. The highest BCUT2D eigenvalue weighted by molar-refractivity contribution is 5.39. The van der Waals surface area contributed by atoms with Crippen LogP contribution >= 0.6 is 0 Å². The lowest BCUT2D eigenvalue weighted by Gasteiger charge is -2.01. The zero-order valence-corrected chi connectivity index (χ0v) is 5.77. The van der Waals surface area contributed by atoms with Crippen LogP contribution in [0.3, 0.4) is 0 Å². The Labute approximate surface area is 65.0 Å². The fraction of sp³-hybridized carbons (Fsp3) is 0.167. The van der Waals surface area contributed by atoms with Crippen molar-refractivity contribution in [3.05, 3.63) is 27.9 Å². The van der Waals surface area contributed by atoms with Crippen molar-refractivity contribution in [1.82, 2.24) is 4.98 Å². The van der Waals surface area contributed by atoms with Crippen LogP contribution in [0.2, 0.25) is 0 Å². The summed E-state index contributed by atoms with van der Waals surface area (Å²) in [6.45, 7) is 0. The number of aromatic amines is 1. The molecule has 0 radical (unpaired) electrons. The molecule has 0 amide bonds. The summed E-state index contributed by atoms with van der Waals surface area (Å²) in [5.74, 6) is -1.35. The molecule has 0 saturated heterocycles. The first-order chi connectivity index (χ1) is 5.54. The second-order valence-corrected chi connectivity index (χ2v) is 2.10. The minimum Gasteiger partial charge on any atom is -0.395 e. The smallest absolute Gasteiger partial charge is 0.272 e. The molecule has 0 unspecified atom stereocenters. The van der Waals surface area contributed by atoms with Crippen molar-refractivity contribution >= 4 is 5.69 Å². The second kappa shape index (κ2) is 2.88. The average molecular weight is 178 g/mol. The number of halogens is 3. The van der Waals surface area contributed by atoms with Gasteiger partial charge in [-0.15, -0.1) is 0 Å². The van der Waals surface area contributed by atoms with Gasteiger partial charge in [-0.2, -0.15) is 0 Å². The van der Waals surface area contributed by atoms with Gasteiger partial charge in [0.05, 0.1) is 5.69 Å². The highest BCUT2D eigenvalue weighted by atomic mass is 19.3. The number of nitrogen functional groups attached to an aromatic ring is 1. The predicted octanol–water partition coefficient (Wildman–Crippen LogP) is 1.03. The number of pyridine rings is 1. The van der Waals surface area contributed by atoms with Gasteiger partial charge in [0, 0.05) is 6.20 Å². The molecule has 0 atom stereocenters. The van der Waals surface area contributed by atoms with Crippen LogP contribution in [0.15, 0.2) is 11.0 Å². The minimum absolute atomic E-state index is 0.495. The molecule has 0 saturated carbocycles. The van der Waals surface area contributed by atoms with E-state index >= 15 is 0 Å². The van der Waals surface area contributed by atoms with Crippen molar-refractivity contribution in [2.24, 2.45) is 0 Å². The molecule has 0 aliphatic heterocycles. The Morgan fingerprint density at radius 1 is 1.50 bits per heavy atom. The molecular formula is C6H5F3N2O. The summed E-state index contributed by atoms with van der Waals surface area (Å²) >= 11 is 0. The minimum atomic E-state index is -3.16. The van der Waals surface area contributed by atoms with Gasteiger partial charge in [0.1, 0.15) is 5.56 Å². The van der Waals surface area contributed by atoms with Gasteiger partial charge in [0.15, 0.2) is 5.82 Å². The maximum absolute atomic E-state index is 12.7. The number of nitrogens with one attached hydrogen (secondary N) is 1. The zero-order chi connectivity index (χ0) is 9.30. The van der Waals surface area contributed by atoms with E-state index in [1.54, 1.807) is 0 Å². The van der Waals surface area contributed by atoms with Crippen molar-refractivity contribution in [3.8, 4) is 0 Å². The van der Waals surface area contributed by atoms with E-state index in [0.717, 1.165) is 6.20 Å². The van der Waals surface area contributed by atoms with E-state index < -0.39 is 29.1 Å². The normalized spacial score (nSPS) is 10.7. The third kappa shape index (κ3) is 1.27. The van der Waals surface area contributed by atoms with Crippen molar-refractivity contribution < 1.29 is 13.2 Å². The summed E-state index contributed by atoms with van der Waals surface area (Å²) in [6, 6.07) is 0. The number of hydrogen-bond donors (Lipinski definition) is 2. The van der Waals surface area contributed by atoms with Crippen molar-refractivity contribution in [2.75, 3.05) is 5.73 Å². The Hall–Kier alpha value is -1.46. The highest BCUT2D eigenvalue weighted by Crippen LogP contribution is 2.20. The molecular weight excluding hydrogens is 173 g/mol. The van der Waals surface area contributed by atoms with E-state index in [2.05, 4.69) is 0 Å². The molecule has 66 valence electrons. The maximum atomic E-state index is 12.7. The molecule has 3 nitrogen and oxygen atoms in total. The lowest BCUT2D eigenvalue weighted by molar-refractivity contribution is 0.144. The number of rotatable bonds is 1. The Bertz CT molecular complexity index is 347. The first-order valence-corrected chi connectivity index (χ1v) is 2.98. The molecule has 0 spiro atoms. The first kappa shape index (κ1) is 8.63. The van der Waals surface area contributed by atoms with Crippen LogP contribution in [0.25, 0.3) is 0 Å². The van der Waals surface area contributed by atoms with Crippen LogP contribution in [-0.4, -0.2) is 4.98 Å². The number of anilines is 1. The summed E-state index contributed by atoms with van der Waals surface area (Å²) < 4.78 is 36.6. The van der Waals surface area contributed by atoms with Gasteiger partial charge in [0.2, 0.25) is 0 Å². The van der Waals surface area contributed by atoms with Crippen LogP contribution in [0.4, 0.5) is 18.9 Å². The van der Waals surface area contributed by atoms with Crippen molar-refractivity contribution in [2.45, 2.75) is 6.43 Å². The maximum Gasteiger partial charge on any atom is 0.272 e. The van der Waals surface area contributed by atoms with Gasteiger partial charge in [-0.05, 0) is 0 Å². The Kier molecular flexibility index (Phi) is 2.07. The topological polar surface area (TPSA) is 58.9 Å². The van der Waals surface area contributed by atoms with E-state index in [-0.39, 0.29) is 0 Å². The molecule has 12 heavy (non-hydrogen) atoms. The molecule has 0 fully saturated rings. The third-order valence-corrected chi connectivity index (χ3v) is 1.31. The lowest BCUT2D eigenvalue weighted by atomic mass is 10.2. The molecule has 1 aromatic heterocycles. The van der Waals surface area contributed by atoms with Crippen LogP contribution in [0, 0.1) is 5.82 Å². The Morgan fingerprint density at radius 3 is 2.50 bits per heavy atom. The van der Waals surface area contributed by atoms with Crippen molar-refractivity contribution in [1.29, 1.82) is 0 Å². The molecule has 3 N–H and O–H groups in total. The number of alkyl halides is 2. The van der Waals surface area contributed by atoms with Crippen LogP contribution in [0.1, 0.15) is 12.0 Å². The number of nitrogens with two attached hydrogens (primary N) is 1. The number of H-pyrrole nitrogens is 1. The van der Waals surface area contributed by atoms with Crippen LogP contribution in [-0.2, 0) is 0 Å². The molecule has 1 rings (SSSR count). The highest BCUT2D eigenvalue weighted by Gasteiger charge is 2.19. The summed E-state index contributed by atoms with van der Waals surface area (Å²) in [5.41, 5.74) is 2.08. The first-order valence-electron chi connectivity index (χ1n) is 2.98. The Morgan fingerprint density at radius 2 is 2.08 bits per heavy atom. The molecule has 6 heteroatoms. The van der Waals surface area contributed by atoms with Gasteiger partial charge in [-0.3, -0.25) is 4.79 Å². The summed E-state index contributed by atoms with van der Waals surface area (Å²) in [7, 11) is 0. The van der Waals surface area contributed by atoms with Gasteiger partial charge in [0.25, 0.3) is 12.0 Å². The Balaban J connectivity index is 3.43.